The Morgan fingerprint density at radius 3 is 2.56 bits per heavy atom. The van der Waals surface area contributed by atoms with Crippen molar-refractivity contribution in [1.29, 1.82) is 0 Å². The molecule has 0 amide bonds. The lowest BCUT2D eigenvalue weighted by Gasteiger charge is -2.37. The zero-order valence-corrected chi connectivity index (χ0v) is 12.7. The molecule has 2 unspecified atom stereocenters. The summed E-state index contributed by atoms with van der Waals surface area (Å²) in [6.45, 7) is 13.0. The van der Waals surface area contributed by atoms with E-state index in [1.54, 1.807) is 0 Å². The van der Waals surface area contributed by atoms with Crippen LogP contribution in [0.1, 0.15) is 53.4 Å². The van der Waals surface area contributed by atoms with Crippen LogP contribution in [0, 0.1) is 5.92 Å². The third kappa shape index (κ3) is 4.52. The van der Waals surface area contributed by atoms with Crippen LogP contribution in [0.15, 0.2) is 0 Å². The van der Waals surface area contributed by atoms with E-state index in [1.807, 2.05) is 0 Å². The molecule has 0 bridgehead atoms. The number of nitrogens with one attached hydrogen (secondary N) is 1. The van der Waals surface area contributed by atoms with E-state index in [9.17, 15) is 5.11 Å². The monoisotopic (exact) mass is 256 g/mol. The SMILES string of the molecule is CCN1CCCC(C(C)NCC(O)(CC)CC)C1. The van der Waals surface area contributed by atoms with Crippen molar-refractivity contribution in [1.82, 2.24) is 10.2 Å². The van der Waals surface area contributed by atoms with Crippen LogP contribution < -0.4 is 5.32 Å². The van der Waals surface area contributed by atoms with Crippen LogP contribution in [0.25, 0.3) is 0 Å². The Labute approximate surface area is 113 Å². The van der Waals surface area contributed by atoms with Crippen molar-refractivity contribution in [2.75, 3.05) is 26.2 Å². The van der Waals surface area contributed by atoms with Crippen LogP contribution >= 0.6 is 0 Å². The fraction of sp³-hybridized carbons (Fsp3) is 1.00. The molecule has 18 heavy (non-hydrogen) atoms. The summed E-state index contributed by atoms with van der Waals surface area (Å²) in [5.74, 6) is 0.733. The van der Waals surface area contributed by atoms with Crippen LogP contribution in [0.3, 0.4) is 0 Å². The van der Waals surface area contributed by atoms with Crippen LogP contribution in [0.4, 0.5) is 0 Å². The van der Waals surface area contributed by atoms with Crippen LogP contribution in [-0.2, 0) is 0 Å². The predicted octanol–water partition coefficient (Wildman–Crippen LogP) is 2.25. The smallest absolute Gasteiger partial charge is 0.0766 e. The highest BCUT2D eigenvalue weighted by molar-refractivity contribution is 4.84. The van der Waals surface area contributed by atoms with E-state index < -0.39 is 5.60 Å². The second-order valence-electron chi connectivity index (χ2n) is 5.90. The number of nitrogens with zero attached hydrogens (tertiary/aromatic N) is 1. The number of aliphatic hydroxyl groups is 1. The van der Waals surface area contributed by atoms with Crippen LogP contribution in [-0.4, -0.2) is 47.8 Å². The van der Waals surface area contributed by atoms with Crippen molar-refractivity contribution in [2.24, 2.45) is 5.92 Å². The van der Waals surface area contributed by atoms with E-state index in [4.69, 9.17) is 0 Å². The molecule has 0 saturated carbocycles. The maximum atomic E-state index is 10.3. The normalized spacial score (nSPS) is 24.2. The third-order valence-electron chi connectivity index (χ3n) is 4.77. The molecule has 108 valence electrons. The topological polar surface area (TPSA) is 35.5 Å². The number of rotatable bonds is 7. The molecule has 1 aliphatic heterocycles. The molecule has 3 nitrogen and oxygen atoms in total. The average Bonchev–Trinajstić information content (AvgIpc) is 2.44. The Kier molecular flexibility index (Phi) is 6.61. The summed E-state index contributed by atoms with van der Waals surface area (Å²) in [6.07, 6.45) is 4.29. The Morgan fingerprint density at radius 2 is 2.00 bits per heavy atom. The van der Waals surface area contributed by atoms with Crippen molar-refractivity contribution < 1.29 is 5.11 Å². The van der Waals surface area contributed by atoms with E-state index >= 15 is 0 Å². The highest BCUT2D eigenvalue weighted by Crippen LogP contribution is 2.20. The maximum absolute atomic E-state index is 10.3. The number of hydrogen-bond acceptors (Lipinski definition) is 3. The minimum Gasteiger partial charge on any atom is -0.389 e. The quantitative estimate of drug-likeness (QED) is 0.733. The van der Waals surface area contributed by atoms with Gasteiger partial charge < -0.3 is 15.3 Å². The first-order chi connectivity index (χ1) is 8.54. The third-order valence-corrected chi connectivity index (χ3v) is 4.77. The first-order valence-electron chi connectivity index (χ1n) is 7.72. The van der Waals surface area contributed by atoms with Crippen LogP contribution in [0.2, 0.25) is 0 Å². The van der Waals surface area contributed by atoms with Gasteiger partial charge in [0.1, 0.15) is 0 Å². The molecule has 2 N–H and O–H groups in total. The molecule has 1 saturated heterocycles. The largest absolute Gasteiger partial charge is 0.389 e. The number of piperidine rings is 1. The fourth-order valence-corrected chi connectivity index (χ4v) is 2.80. The van der Waals surface area contributed by atoms with Crippen LogP contribution in [0.5, 0.6) is 0 Å². The summed E-state index contributed by atoms with van der Waals surface area (Å²) in [6, 6.07) is 0.504. The van der Waals surface area contributed by atoms with Crippen molar-refractivity contribution in [2.45, 2.75) is 65.0 Å². The van der Waals surface area contributed by atoms with Gasteiger partial charge in [-0.1, -0.05) is 20.8 Å². The van der Waals surface area contributed by atoms with Crippen molar-refractivity contribution in [3.05, 3.63) is 0 Å². The van der Waals surface area contributed by atoms with Gasteiger partial charge in [0.15, 0.2) is 0 Å². The molecule has 0 radical (unpaired) electrons. The van der Waals surface area contributed by atoms with Gasteiger partial charge in [-0.05, 0) is 51.6 Å². The average molecular weight is 256 g/mol. The van der Waals surface area contributed by atoms with Gasteiger partial charge in [-0.2, -0.15) is 0 Å². The second-order valence-corrected chi connectivity index (χ2v) is 5.90. The lowest BCUT2D eigenvalue weighted by molar-refractivity contribution is 0.0263. The van der Waals surface area contributed by atoms with E-state index in [-0.39, 0.29) is 0 Å². The Hall–Kier alpha value is -0.120. The van der Waals surface area contributed by atoms with Gasteiger partial charge in [0.05, 0.1) is 5.60 Å². The van der Waals surface area contributed by atoms with E-state index in [1.165, 1.54) is 25.9 Å². The molecule has 3 heteroatoms. The maximum Gasteiger partial charge on any atom is 0.0766 e. The highest BCUT2D eigenvalue weighted by atomic mass is 16.3. The number of hydrogen-bond donors (Lipinski definition) is 2. The van der Waals surface area contributed by atoms with Gasteiger partial charge in [-0.25, -0.2) is 0 Å². The molecule has 0 aliphatic carbocycles. The molecule has 0 aromatic rings. The molecule has 1 fully saturated rings. The molecule has 1 rings (SSSR count). The molecule has 1 aliphatic rings. The molecular formula is C15H32N2O. The summed E-state index contributed by atoms with van der Waals surface area (Å²) >= 11 is 0. The Bertz CT molecular complexity index is 229. The first-order valence-corrected chi connectivity index (χ1v) is 7.72. The fourth-order valence-electron chi connectivity index (χ4n) is 2.80. The highest BCUT2D eigenvalue weighted by Gasteiger charge is 2.27. The Morgan fingerprint density at radius 1 is 1.33 bits per heavy atom. The second kappa shape index (κ2) is 7.46. The molecular weight excluding hydrogens is 224 g/mol. The minimum atomic E-state index is -0.520. The summed E-state index contributed by atoms with van der Waals surface area (Å²) in [5, 5.41) is 13.9. The standard InChI is InChI=1S/C15H32N2O/c1-5-15(18,6-2)12-16-13(4)14-9-8-10-17(7-3)11-14/h13-14,16,18H,5-12H2,1-4H3. The lowest BCUT2D eigenvalue weighted by atomic mass is 9.90. The molecule has 0 spiro atoms. The molecule has 0 aromatic carbocycles. The zero-order chi connectivity index (χ0) is 13.6. The number of likely N-dealkylation sites (tertiary alicyclic amines) is 1. The van der Waals surface area contributed by atoms with Gasteiger partial charge >= 0.3 is 0 Å². The van der Waals surface area contributed by atoms with E-state index in [0.29, 0.717) is 6.04 Å². The van der Waals surface area contributed by atoms with Gasteiger partial charge in [-0.3, -0.25) is 0 Å². The first kappa shape index (κ1) is 15.9. The van der Waals surface area contributed by atoms with E-state index in [2.05, 4.69) is 37.9 Å². The minimum absolute atomic E-state index is 0.504. The summed E-state index contributed by atoms with van der Waals surface area (Å²) in [5.41, 5.74) is -0.520. The van der Waals surface area contributed by atoms with Gasteiger partial charge in [0, 0.05) is 19.1 Å². The van der Waals surface area contributed by atoms with Gasteiger partial charge in [0.25, 0.3) is 0 Å². The van der Waals surface area contributed by atoms with E-state index in [0.717, 1.165) is 31.8 Å². The van der Waals surface area contributed by atoms with Gasteiger partial charge in [0.2, 0.25) is 0 Å². The van der Waals surface area contributed by atoms with Gasteiger partial charge in [-0.15, -0.1) is 0 Å². The zero-order valence-electron chi connectivity index (χ0n) is 12.7. The molecule has 1 heterocycles. The van der Waals surface area contributed by atoms with Crippen molar-refractivity contribution in [3.8, 4) is 0 Å². The summed E-state index contributed by atoms with van der Waals surface area (Å²) in [4.78, 5) is 2.54. The Balaban J connectivity index is 2.38. The lowest BCUT2D eigenvalue weighted by Crippen LogP contribution is -2.49. The summed E-state index contributed by atoms with van der Waals surface area (Å²) < 4.78 is 0. The molecule has 0 aromatic heterocycles. The van der Waals surface area contributed by atoms with Crippen molar-refractivity contribution >= 4 is 0 Å². The summed E-state index contributed by atoms with van der Waals surface area (Å²) in [7, 11) is 0. The molecule has 2 atom stereocenters. The predicted molar refractivity (Wildman–Crippen MR) is 77.8 cm³/mol. The van der Waals surface area contributed by atoms with Crippen molar-refractivity contribution in [3.63, 3.8) is 0 Å².